The number of benzene rings is 5. The smallest absolute Gasteiger partial charge is 0.155 e. The SMILES string of the molecule is CC(=O)C=C(C)O.CCc1ccnc(-c2[c-]ccc(-c3ccccc3)c2)c1.Cc1[c-]c(-c2ccc3ccccc3n2)cc(C)c1.[Ir].[Ir].[Ir].[c-]1ccccc1-c1ccccn1. The molecule has 0 amide bonds. The largest absolute Gasteiger partial charge is 0.512 e. The van der Waals surface area contributed by atoms with Crippen molar-refractivity contribution in [2.24, 2.45) is 0 Å². The molecule has 0 saturated heterocycles. The van der Waals surface area contributed by atoms with E-state index in [0.29, 0.717) is 0 Å². The van der Waals surface area contributed by atoms with Gasteiger partial charge in [0.15, 0.2) is 5.78 Å². The molecule has 0 saturated carbocycles. The Morgan fingerprint density at radius 3 is 1.97 bits per heavy atom. The van der Waals surface area contributed by atoms with Crippen LogP contribution in [0.25, 0.3) is 55.8 Å². The molecule has 0 unspecified atom stereocenters. The van der Waals surface area contributed by atoms with Crippen LogP contribution >= 0.6 is 0 Å². The molecule has 0 atom stereocenters. The van der Waals surface area contributed by atoms with Gasteiger partial charge in [0.1, 0.15) is 0 Å². The molecular weight excluding hydrogens is 1280 g/mol. The Balaban J connectivity index is 0.000000287. The number of aliphatic hydroxyl groups is 1. The van der Waals surface area contributed by atoms with E-state index in [2.05, 4.69) is 128 Å². The molecule has 0 fully saturated rings. The summed E-state index contributed by atoms with van der Waals surface area (Å²) in [6.45, 7) is 9.17. The summed E-state index contributed by atoms with van der Waals surface area (Å²) in [5.41, 5.74) is 13.2. The summed E-state index contributed by atoms with van der Waals surface area (Å²) in [6.07, 6.45) is 5.85. The molecule has 3 heterocycles. The van der Waals surface area contributed by atoms with Crippen molar-refractivity contribution in [1.82, 2.24) is 15.0 Å². The Morgan fingerprint density at radius 1 is 0.617 bits per heavy atom. The van der Waals surface area contributed by atoms with Crippen molar-refractivity contribution in [2.75, 3.05) is 0 Å². The van der Waals surface area contributed by atoms with Crippen LogP contribution in [0.2, 0.25) is 0 Å². The number of aliphatic hydroxyl groups excluding tert-OH is 1. The molecule has 0 spiro atoms. The van der Waals surface area contributed by atoms with Gasteiger partial charge in [0.05, 0.1) is 11.3 Å². The number of aryl methyl sites for hydroxylation is 3. The van der Waals surface area contributed by atoms with Crippen LogP contribution in [0.4, 0.5) is 0 Å². The van der Waals surface area contributed by atoms with Crippen molar-refractivity contribution in [3.05, 3.63) is 211 Å². The van der Waals surface area contributed by atoms with Crippen LogP contribution in [0.15, 0.2) is 176 Å². The van der Waals surface area contributed by atoms with Gasteiger partial charge in [-0.05, 0) is 66.5 Å². The van der Waals surface area contributed by atoms with E-state index < -0.39 is 0 Å². The topological polar surface area (TPSA) is 76.0 Å². The zero-order valence-electron chi connectivity index (χ0n) is 34.1. The van der Waals surface area contributed by atoms with Gasteiger partial charge < -0.3 is 15.1 Å². The quantitative estimate of drug-likeness (QED) is 0.102. The van der Waals surface area contributed by atoms with Gasteiger partial charge in [-0.25, -0.2) is 0 Å². The van der Waals surface area contributed by atoms with Gasteiger partial charge in [-0.1, -0.05) is 105 Å². The van der Waals surface area contributed by atoms with Crippen molar-refractivity contribution in [2.45, 2.75) is 41.0 Å². The first-order chi connectivity index (χ1) is 27.7. The number of hydrogen-bond donors (Lipinski definition) is 1. The van der Waals surface area contributed by atoms with E-state index >= 15 is 0 Å². The summed E-state index contributed by atoms with van der Waals surface area (Å²) in [5.74, 6) is -0.0625. The van der Waals surface area contributed by atoms with E-state index in [-0.39, 0.29) is 71.9 Å². The van der Waals surface area contributed by atoms with Gasteiger partial charge in [-0.3, -0.25) is 9.78 Å². The summed E-state index contributed by atoms with van der Waals surface area (Å²) >= 11 is 0. The Hall–Kier alpha value is -5.03. The maximum absolute atomic E-state index is 10.0. The number of hydrogen-bond acceptors (Lipinski definition) is 5. The predicted molar refractivity (Wildman–Crippen MR) is 234 cm³/mol. The second kappa shape index (κ2) is 26.9. The Labute approximate surface area is 395 Å². The normalized spacial score (nSPS) is 9.98. The third kappa shape index (κ3) is 16.6. The van der Waals surface area contributed by atoms with E-state index in [1.54, 1.807) is 6.20 Å². The van der Waals surface area contributed by atoms with Crippen LogP contribution in [0.3, 0.4) is 0 Å². The summed E-state index contributed by atoms with van der Waals surface area (Å²) < 4.78 is 0. The molecule has 8 rings (SSSR count). The summed E-state index contributed by atoms with van der Waals surface area (Å²) in [6, 6.07) is 60.9. The number of allylic oxidation sites excluding steroid dienone is 2. The van der Waals surface area contributed by atoms with Gasteiger partial charge in [0.25, 0.3) is 0 Å². The molecule has 60 heavy (non-hydrogen) atoms. The van der Waals surface area contributed by atoms with E-state index in [9.17, 15) is 4.79 Å². The van der Waals surface area contributed by atoms with E-state index in [1.807, 2.05) is 79.0 Å². The number of pyridine rings is 3. The minimum Gasteiger partial charge on any atom is -0.512 e. The number of fused-ring (bicyclic) bond motifs is 1. The zero-order valence-corrected chi connectivity index (χ0v) is 41.3. The van der Waals surface area contributed by atoms with E-state index in [1.165, 1.54) is 47.6 Å². The van der Waals surface area contributed by atoms with E-state index in [0.717, 1.165) is 51.3 Å². The fourth-order valence-corrected chi connectivity index (χ4v) is 5.88. The second-order valence-corrected chi connectivity index (χ2v) is 13.3. The maximum Gasteiger partial charge on any atom is 0.155 e. The predicted octanol–water partition coefficient (Wildman–Crippen LogP) is 12.7. The number of aromatic nitrogens is 3. The zero-order chi connectivity index (χ0) is 40.4. The van der Waals surface area contributed by atoms with Crippen molar-refractivity contribution >= 4 is 16.7 Å². The first kappa shape index (κ1) is 51.1. The average molecular weight is 1320 g/mol. The molecule has 5 nitrogen and oxygen atoms in total. The number of carbonyl (C=O) groups excluding carboxylic acids is 1. The van der Waals surface area contributed by atoms with Crippen molar-refractivity contribution < 1.29 is 70.2 Å². The van der Waals surface area contributed by atoms with Crippen LogP contribution in [0, 0.1) is 32.0 Å². The molecule has 0 bridgehead atoms. The Morgan fingerprint density at radius 2 is 1.32 bits per heavy atom. The second-order valence-electron chi connectivity index (χ2n) is 13.3. The summed E-state index contributed by atoms with van der Waals surface area (Å²) in [4.78, 5) is 23.4. The minimum absolute atomic E-state index is 0. The number of ketones is 1. The van der Waals surface area contributed by atoms with Crippen molar-refractivity contribution in [3.63, 3.8) is 0 Å². The van der Waals surface area contributed by atoms with Crippen LogP contribution in [-0.4, -0.2) is 25.8 Å². The van der Waals surface area contributed by atoms with Crippen molar-refractivity contribution in [3.8, 4) is 44.9 Å². The van der Waals surface area contributed by atoms with Crippen LogP contribution in [-0.2, 0) is 71.5 Å². The molecular formula is C52H46Ir3N3O2-3. The molecule has 5 aromatic carbocycles. The van der Waals surface area contributed by atoms with Gasteiger partial charge in [-0.2, -0.15) is 0 Å². The van der Waals surface area contributed by atoms with Gasteiger partial charge >= 0.3 is 0 Å². The number of carbonyl (C=O) groups is 1. The van der Waals surface area contributed by atoms with Crippen LogP contribution < -0.4 is 0 Å². The van der Waals surface area contributed by atoms with Crippen LogP contribution in [0.5, 0.6) is 0 Å². The molecule has 8 aromatic rings. The number of rotatable bonds is 6. The molecule has 311 valence electrons. The summed E-state index contributed by atoms with van der Waals surface area (Å²) in [5, 5.41) is 9.53. The molecule has 8 heteroatoms. The number of nitrogens with zero attached hydrogens (tertiary/aromatic N) is 3. The monoisotopic (exact) mass is 1320 g/mol. The number of para-hydroxylation sites is 1. The third-order valence-corrected chi connectivity index (χ3v) is 8.50. The summed E-state index contributed by atoms with van der Waals surface area (Å²) in [7, 11) is 0. The van der Waals surface area contributed by atoms with Crippen LogP contribution in [0.1, 0.15) is 37.5 Å². The van der Waals surface area contributed by atoms with E-state index in [4.69, 9.17) is 10.1 Å². The van der Waals surface area contributed by atoms with Gasteiger partial charge in [-0.15, -0.1) is 106 Å². The fourth-order valence-electron chi connectivity index (χ4n) is 5.88. The fraction of sp³-hybridized carbons (Fsp3) is 0.115. The Bertz CT molecular complexity index is 2470. The molecule has 1 N–H and O–H groups in total. The maximum atomic E-state index is 10.0. The first-order valence-corrected chi connectivity index (χ1v) is 18.8. The van der Waals surface area contributed by atoms with Crippen molar-refractivity contribution in [1.29, 1.82) is 0 Å². The average Bonchev–Trinajstić information content (AvgIpc) is 3.24. The molecule has 0 aliphatic rings. The molecule has 0 aliphatic heterocycles. The van der Waals surface area contributed by atoms with Gasteiger partial charge in [0.2, 0.25) is 0 Å². The Kier molecular flexibility index (Phi) is 22.9. The third-order valence-electron chi connectivity index (χ3n) is 8.50. The standard InChI is InChI=1S/C19H16N.C17H14N.C11H8N.C5H8O2.3Ir/c1-2-15-11-12-20-19(13-15)18-10-6-9-17(14-18)16-7-4-3-5-8-16;1-12-9-13(2)11-15(10-12)17-8-7-14-5-3-4-6-16(14)18-17;1-2-6-10(7-3-1)11-8-4-5-9-12-11;1-4(6)3-5(2)7;;;/h3-9,11-14H,2H2,1H3;3-10H,1-2H3;1-6,8-9H;3,6H,1-2H3;;;/q3*-1;;;;. The first-order valence-electron chi connectivity index (χ1n) is 18.8. The molecule has 3 aromatic heterocycles. The minimum atomic E-state index is -0.125. The van der Waals surface area contributed by atoms with Gasteiger partial charge in [0, 0.05) is 78.8 Å². The molecule has 3 radical (unpaired) electrons. The molecule has 0 aliphatic carbocycles.